The van der Waals surface area contributed by atoms with Crippen molar-refractivity contribution in [3.05, 3.63) is 137 Å². The summed E-state index contributed by atoms with van der Waals surface area (Å²) in [6.45, 7) is 3.70. The molecule has 0 fully saturated rings. The van der Waals surface area contributed by atoms with Crippen LogP contribution in [0, 0.1) is 5.82 Å². The lowest BCUT2D eigenvalue weighted by molar-refractivity contribution is 0.0830. The molecule has 0 aliphatic carbocycles. The zero-order valence-corrected chi connectivity index (χ0v) is 26.6. The van der Waals surface area contributed by atoms with Crippen LogP contribution in [0.4, 0.5) is 10.1 Å². The Morgan fingerprint density at radius 1 is 0.804 bits per heavy atom. The van der Waals surface area contributed by atoms with Gasteiger partial charge in [0, 0.05) is 24.2 Å². The molecule has 0 saturated heterocycles. The predicted octanol–water partition coefficient (Wildman–Crippen LogP) is 4.57. The monoisotopic (exact) mass is 646 g/mol. The van der Waals surface area contributed by atoms with Crippen LogP contribution in [-0.4, -0.2) is 49.8 Å². The molecule has 9 nitrogen and oxygen atoms in total. The van der Waals surface area contributed by atoms with Crippen LogP contribution in [0.2, 0.25) is 0 Å². The molecule has 4 aromatic rings. The van der Waals surface area contributed by atoms with Gasteiger partial charge in [0.1, 0.15) is 5.82 Å². The number of benzene rings is 4. The molecule has 5 N–H and O–H groups in total. The molecule has 46 heavy (non-hydrogen) atoms. The molecule has 0 spiro atoms. The molecular formula is C35H39FN4O5S. The van der Waals surface area contributed by atoms with Crippen molar-refractivity contribution in [2.75, 3.05) is 17.0 Å². The maximum absolute atomic E-state index is 13.7. The van der Waals surface area contributed by atoms with Gasteiger partial charge in [0.2, 0.25) is 10.0 Å². The molecule has 11 heteroatoms. The molecule has 242 valence electrons. The van der Waals surface area contributed by atoms with Gasteiger partial charge in [-0.25, -0.2) is 12.8 Å². The molecule has 0 aliphatic rings. The average Bonchev–Trinajstić information content (AvgIpc) is 3.05. The second kappa shape index (κ2) is 16.1. The van der Waals surface area contributed by atoms with E-state index in [0.29, 0.717) is 18.5 Å². The Morgan fingerprint density at radius 3 is 2.04 bits per heavy atom. The average molecular weight is 647 g/mol. The van der Waals surface area contributed by atoms with Crippen LogP contribution in [0.5, 0.6) is 0 Å². The van der Waals surface area contributed by atoms with Gasteiger partial charge in [-0.1, -0.05) is 72.8 Å². The minimum absolute atomic E-state index is 0.0341. The van der Waals surface area contributed by atoms with Crippen molar-refractivity contribution < 1.29 is 27.5 Å². The van der Waals surface area contributed by atoms with Gasteiger partial charge in [0.25, 0.3) is 11.8 Å². The summed E-state index contributed by atoms with van der Waals surface area (Å²) >= 11 is 0. The maximum Gasteiger partial charge on any atom is 0.251 e. The number of carbonyl (C=O) groups is 2. The standard InChI is InChI=1S/C35H39FN4O5S/c1-3-46(44,45)40-31-20-28(34(42)38-24(2)27-14-8-5-9-15-27)19-29(21-31)35(43)39-32(18-25-11-6-4-7-12-25)33(41)23-37-22-26-13-10-16-30(36)17-26/h4-17,19-21,24,32-33,37,40-41H,3,18,22-23H2,1-2H3,(H,38,42)(H,39,43)/t24-,32+,33-/m1/s1. The molecular weight excluding hydrogens is 607 g/mol. The van der Waals surface area contributed by atoms with E-state index in [-0.39, 0.29) is 41.0 Å². The van der Waals surface area contributed by atoms with E-state index in [9.17, 15) is 27.5 Å². The summed E-state index contributed by atoms with van der Waals surface area (Å²) < 4.78 is 40.9. The van der Waals surface area contributed by atoms with Crippen LogP contribution >= 0.6 is 0 Å². The highest BCUT2D eigenvalue weighted by Gasteiger charge is 2.24. The third-order valence-electron chi connectivity index (χ3n) is 7.41. The smallest absolute Gasteiger partial charge is 0.251 e. The summed E-state index contributed by atoms with van der Waals surface area (Å²) in [5.41, 5.74) is 2.63. The first-order valence-corrected chi connectivity index (χ1v) is 16.7. The Bertz CT molecular complexity index is 1720. The fourth-order valence-electron chi connectivity index (χ4n) is 4.86. The second-order valence-electron chi connectivity index (χ2n) is 11.0. The van der Waals surface area contributed by atoms with Crippen LogP contribution in [-0.2, 0) is 23.0 Å². The summed E-state index contributed by atoms with van der Waals surface area (Å²) in [4.78, 5) is 27.0. The Kier molecular flexibility index (Phi) is 12.0. The lowest BCUT2D eigenvalue weighted by Gasteiger charge is -2.25. The number of carbonyl (C=O) groups excluding carboxylic acids is 2. The van der Waals surface area contributed by atoms with Crippen molar-refractivity contribution in [1.82, 2.24) is 16.0 Å². The van der Waals surface area contributed by atoms with Gasteiger partial charge in [-0.2, -0.15) is 0 Å². The third kappa shape index (κ3) is 10.2. The second-order valence-corrected chi connectivity index (χ2v) is 13.0. The molecule has 0 aromatic heterocycles. The number of sulfonamides is 1. The Labute approximate surface area is 269 Å². The minimum atomic E-state index is -3.72. The normalized spacial score (nSPS) is 13.3. The summed E-state index contributed by atoms with van der Waals surface area (Å²) in [5, 5.41) is 20.1. The van der Waals surface area contributed by atoms with E-state index >= 15 is 0 Å². The van der Waals surface area contributed by atoms with Crippen molar-refractivity contribution in [1.29, 1.82) is 0 Å². The van der Waals surface area contributed by atoms with E-state index in [0.717, 1.165) is 11.1 Å². The molecule has 4 aromatic carbocycles. The van der Waals surface area contributed by atoms with Crippen molar-refractivity contribution >= 4 is 27.5 Å². The number of halogens is 1. The van der Waals surface area contributed by atoms with E-state index in [4.69, 9.17) is 0 Å². The summed E-state index contributed by atoms with van der Waals surface area (Å²) in [6.07, 6.45) is -0.756. The fourth-order valence-corrected chi connectivity index (χ4v) is 5.48. The van der Waals surface area contributed by atoms with Crippen LogP contribution < -0.4 is 20.7 Å². The number of amides is 2. The molecule has 0 radical (unpaired) electrons. The van der Waals surface area contributed by atoms with Gasteiger partial charge in [-0.15, -0.1) is 0 Å². The van der Waals surface area contributed by atoms with Gasteiger partial charge in [-0.3, -0.25) is 14.3 Å². The lowest BCUT2D eigenvalue weighted by atomic mass is 10.00. The SMILES string of the molecule is CCS(=O)(=O)Nc1cc(C(=O)N[C@@H](Cc2ccccc2)[C@H](O)CNCc2cccc(F)c2)cc(C(=O)N[C@H](C)c2ccccc2)c1. The highest BCUT2D eigenvalue weighted by molar-refractivity contribution is 7.92. The first-order valence-electron chi connectivity index (χ1n) is 15.0. The largest absolute Gasteiger partial charge is 0.390 e. The van der Waals surface area contributed by atoms with Gasteiger partial charge in [0.05, 0.1) is 29.6 Å². The Hall–Kier alpha value is -4.58. The van der Waals surface area contributed by atoms with Crippen molar-refractivity contribution in [2.45, 2.75) is 45.0 Å². The van der Waals surface area contributed by atoms with E-state index in [2.05, 4.69) is 20.7 Å². The topological polar surface area (TPSA) is 137 Å². The number of aliphatic hydroxyl groups excluding tert-OH is 1. The molecule has 2 amide bonds. The van der Waals surface area contributed by atoms with E-state index < -0.39 is 34.0 Å². The zero-order chi connectivity index (χ0) is 33.1. The van der Waals surface area contributed by atoms with Gasteiger partial charge < -0.3 is 21.1 Å². The van der Waals surface area contributed by atoms with Crippen molar-refractivity contribution in [3.8, 4) is 0 Å². The van der Waals surface area contributed by atoms with E-state index in [1.807, 2.05) is 67.6 Å². The van der Waals surface area contributed by atoms with Crippen LogP contribution in [0.15, 0.2) is 103 Å². The number of rotatable bonds is 15. The number of hydrogen-bond donors (Lipinski definition) is 5. The highest BCUT2D eigenvalue weighted by atomic mass is 32.2. The fraction of sp³-hybridized carbons (Fsp3) is 0.257. The number of hydrogen-bond acceptors (Lipinski definition) is 6. The summed E-state index contributed by atoms with van der Waals surface area (Å²) in [5.74, 6) is -1.66. The van der Waals surface area contributed by atoms with Crippen LogP contribution in [0.3, 0.4) is 0 Å². The third-order valence-corrected chi connectivity index (χ3v) is 8.72. The van der Waals surface area contributed by atoms with E-state index in [1.54, 1.807) is 12.1 Å². The van der Waals surface area contributed by atoms with Gasteiger partial charge in [0.15, 0.2) is 0 Å². The van der Waals surface area contributed by atoms with E-state index in [1.165, 1.54) is 37.3 Å². The van der Waals surface area contributed by atoms with Crippen LogP contribution in [0.25, 0.3) is 0 Å². The first-order chi connectivity index (χ1) is 22.0. The predicted molar refractivity (Wildman–Crippen MR) is 177 cm³/mol. The Balaban J connectivity index is 1.56. The zero-order valence-electron chi connectivity index (χ0n) is 25.7. The number of aliphatic hydroxyl groups is 1. The molecule has 0 aliphatic heterocycles. The number of anilines is 1. The first kappa shape index (κ1) is 34.3. The Morgan fingerprint density at radius 2 is 1.41 bits per heavy atom. The molecule has 0 bridgehead atoms. The molecule has 0 heterocycles. The molecule has 0 saturated carbocycles. The highest BCUT2D eigenvalue weighted by Crippen LogP contribution is 2.20. The van der Waals surface area contributed by atoms with Gasteiger partial charge in [-0.05, 0) is 67.3 Å². The van der Waals surface area contributed by atoms with Crippen molar-refractivity contribution in [2.24, 2.45) is 0 Å². The number of nitrogens with one attached hydrogen (secondary N) is 4. The minimum Gasteiger partial charge on any atom is -0.390 e. The molecule has 0 unspecified atom stereocenters. The van der Waals surface area contributed by atoms with Gasteiger partial charge >= 0.3 is 0 Å². The van der Waals surface area contributed by atoms with Crippen LogP contribution in [0.1, 0.15) is 57.3 Å². The maximum atomic E-state index is 13.7. The lowest BCUT2D eigenvalue weighted by Crippen LogP contribution is -2.48. The molecule has 3 atom stereocenters. The summed E-state index contributed by atoms with van der Waals surface area (Å²) in [6, 6.07) is 27.8. The van der Waals surface area contributed by atoms with Crippen molar-refractivity contribution in [3.63, 3.8) is 0 Å². The molecule has 4 rings (SSSR count). The quantitative estimate of drug-likeness (QED) is 0.128. The summed E-state index contributed by atoms with van der Waals surface area (Å²) in [7, 11) is -3.72.